The molecular weight excluding hydrogens is 379 g/mol. The minimum atomic E-state index is -3.89. The highest BCUT2D eigenvalue weighted by molar-refractivity contribution is 7.92. The Morgan fingerprint density at radius 1 is 0.893 bits per heavy atom. The minimum absolute atomic E-state index is 0.0225. The molecule has 0 heterocycles. The summed E-state index contributed by atoms with van der Waals surface area (Å²) in [5, 5.41) is 2.44. The maximum absolute atomic E-state index is 13.7. The highest BCUT2D eigenvalue weighted by atomic mass is 32.2. The van der Waals surface area contributed by atoms with E-state index in [0.29, 0.717) is 5.69 Å². The smallest absolute Gasteiger partial charge is 0.261 e. The molecule has 0 aliphatic rings. The van der Waals surface area contributed by atoms with Crippen molar-refractivity contribution >= 4 is 27.3 Å². The molecular formula is C21H19FN2O3S. The minimum Gasteiger partial charge on any atom is -0.319 e. The summed E-state index contributed by atoms with van der Waals surface area (Å²) in [6.07, 6.45) is 0. The van der Waals surface area contributed by atoms with E-state index in [1.807, 2.05) is 19.1 Å². The molecule has 0 aliphatic heterocycles. The fraction of sp³-hybridized carbons (Fsp3) is 0.0952. The van der Waals surface area contributed by atoms with Crippen LogP contribution in [-0.2, 0) is 10.0 Å². The van der Waals surface area contributed by atoms with Crippen LogP contribution in [0.15, 0.2) is 71.6 Å². The molecule has 0 unspecified atom stereocenters. The molecule has 1 amide bonds. The number of benzene rings is 3. The number of rotatable bonds is 5. The number of aryl methyl sites for hydroxylation is 2. The molecule has 0 aliphatic carbocycles. The van der Waals surface area contributed by atoms with Gasteiger partial charge in [0.25, 0.3) is 15.9 Å². The number of para-hydroxylation sites is 1. The fourth-order valence-corrected chi connectivity index (χ4v) is 3.78. The van der Waals surface area contributed by atoms with Crippen LogP contribution in [0.25, 0.3) is 0 Å². The van der Waals surface area contributed by atoms with Crippen molar-refractivity contribution in [1.82, 2.24) is 0 Å². The van der Waals surface area contributed by atoms with Gasteiger partial charge in [-0.1, -0.05) is 30.3 Å². The Morgan fingerprint density at radius 2 is 1.64 bits per heavy atom. The molecule has 0 fully saturated rings. The van der Waals surface area contributed by atoms with Crippen molar-refractivity contribution in [2.45, 2.75) is 18.7 Å². The van der Waals surface area contributed by atoms with Gasteiger partial charge in [-0.15, -0.1) is 0 Å². The maximum Gasteiger partial charge on any atom is 0.261 e. The topological polar surface area (TPSA) is 75.3 Å². The van der Waals surface area contributed by atoms with Crippen LogP contribution in [0, 0.1) is 19.7 Å². The van der Waals surface area contributed by atoms with Crippen molar-refractivity contribution in [3.8, 4) is 0 Å². The number of carbonyl (C=O) groups is 1. The summed E-state index contributed by atoms with van der Waals surface area (Å²) in [5.74, 6) is -1.18. The summed E-state index contributed by atoms with van der Waals surface area (Å²) in [5.41, 5.74) is 2.30. The summed E-state index contributed by atoms with van der Waals surface area (Å²) >= 11 is 0. The lowest BCUT2D eigenvalue weighted by molar-refractivity contribution is 0.102. The molecule has 2 N–H and O–H groups in total. The van der Waals surface area contributed by atoms with E-state index >= 15 is 0 Å². The molecule has 0 saturated carbocycles. The number of halogens is 1. The fourth-order valence-electron chi connectivity index (χ4n) is 2.61. The molecule has 0 atom stereocenters. The Kier molecular flexibility index (Phi) is 5.46. The third-order valence-electron chi connectivity index (χ3n) is 4.17. The van der Waals surface area contributed by atoms with Gasteiger partial charge < -0.3 is 5.32 Å². The Bertz CT molecular complexity index is 1140. The zero-order chi connectivity index (χ0) is 20.3. The number of anilines is 2. The Labute approximate surface area is 163 Å². The van der Waals surface area contributed by atoms with E-state index in [0.717, 1.165) is 11.1 Å². The van der Waals surface area contributed by atoms with Gasteiger partial charge in [0, 0.05) is 5.56 Å². The molecule has 3 aromatic carbocycles. The number of hydrogen-bond donors (Lipinski definition) is 2. The first-order valence-corrected chi connectivity index (χ1v) is 10.0. The molecule has 5 nitrogen and oxygen atoms in total. The molecule has 144 valence electrons. The zero-order valence-electron chi connectivity index (χ0n) is 15.4. The van der Waals surface area contributed by atoms with Crippen LogP contribution in [-0.4, -0.2) is 14.3 Å². The van der Waals surface area contributed by atoms with Gasteiger partial charge in [0.05, 0.1) is 16.3 Å². The SMILES string of the molecule is Cc1ccc(C)c(NS(=O)(=O)c2cccc(C(=O)Nc3ccccc3F)c2)c1. The van der Waals surface area contributed by atoms with E-state index in [1.165, 1.54) is 42.5 Å². The quantitative estimate of drug-likeness (QED) is 0.665. The number of carbonyl (C=O) groups excluding carboxylic acids is 1. The standard InChI is InChI=1S/C21H19FN2O3S/c1-14-10-11-15(2)20(12-14)24-28(26,27)17-7-5-6-16(13-17)21(25)23-19-9-4-3-8-18(19)22/h3-13,24H,1-2H3,(H,23,25). The zero-order valence-corrected chi connectivity index (χ0v) is 16.2. The van der Waals surface area contributed by atoms with Crippen molar-refractivity contribution in [3.63, 3.8) is 0 Å². The van der Waals surface area contributed by atoms with Gasteiger partial charge in [-0.3, -0.25) is 9.52 Å². The van der Waals surface area contributed by atoms with E-state index in [2.05, 4.69) is 10.0 Å². The van der Waals surface area contributed by atoms with Crippen molar-refractivity contribution in [3.05, 3.63) is 89.2 Å². The second-order valence-corrected chi connectivity index (χ2v) is 8.07. The van der Waals surface area contributed by atoms with Crippen LogP contribution >= 0.6 is 0 Å². The van der Waals surface area contributed by atoms with Gasteiger partial charge in [0.1, 0.15) is 5.82 Å². The summed E-state index contributed by atoms with van der Waals surface area (Å²) in [6.45, 7) is 3.67. The highest BCUT2D eigenvalue weighted by Gasteiger charge is 2.18. The van der Waals surface area contributed by atoms with Crippen molar-refractivity contribution in [1.29, 1.82) is 0 Å². The van der Waals surface area contributed by atoms with E-state index < -0.39 is 21.7 Å². The molecule has 7 heteroatoms. The third-order valence-corrected chi connectivity index (χ3v) is 5.53. The Balaban J connectivity index is 1.86. The Hall–Kier alpha value is -3.19. The molecule has 28 heavy (non-hydrogen) atoms. The van der Waals surface area contributed by atoms with Gasteiger partial charge in [-0.2, -0.15) is 0 Å². The average molecular weight is 398 g/mol. The van der Waals surface area contributed by atoms with Gasteiger partial charge in [0.2, 0.25) is 0 Å². The maximum atomic E-state index is 13.7. The molecule has 0 bridgehead atoms. The van der Waals surface area contributed by atoms with E-state index in [-0.39, 0.29) is 16.1 Å². The molecule has 3 rings (SSSR count). The first-order chi connectivity index (χ1) is 13.3. The lowest BCUT2D eigenvalue weighted by Crippen LogP contribution is -2.16. The van der Waals surface area contributed by atoms with Crippen LogP contribution in [0.1, 0.15) is 21.5 Å². The van der Waals surface area contributed by atoms with Crippen molar-refractivity contribution in [2.24, 2.45) is 0 Å². The number of hydrogen-bond acceptors (Lipinski definition) is 3. The summed E-state index contributed by atoms with van der Waals surface area (Å²) in [4.78, 5) is 12.3. The van der Waals surface area contributed by atoms with Gasteiger partial charge >= 0.3 is 0 Å². The van der Waals surface area contributed by atoms with Gasteiger partial charge in [0.15, 0.2) is 0 Å². The first kappa shape index (κ1) is 19.6. The lowest BCUT2D eigenvalue weighted by atomic mass is 10.1. The summed E-state index contributed by atoms with van der Waals surface area (Å²) < 4.78 is 41.8. The molecule has 3 aromatic rings. The van der Waals surface area contributed by atoms with Crippen LogP contribution in [0.2, 0.25) is 0 Å². The van der Waals surface area contributed by atoms with E-state index in [1.54, 1.807) is 19.1 Å². The lowest BCUT2D eigenvalue weighted by Gasteiger charge is -2.12. The Morgan fingerprint density at radius 3 is 2.39 bits per heavy atom. The van der Waals surface area contributed by atoms with Crippen molar-refractivity contribution in [2.75, 3.05) is 10.0 Å². The molecule has 0 saturated heterocycles. The first-order valence-electron chi connectivity index (χ1n) is 8.52. The number of sulfonamides is 1. The van der Waals surface area contributed by atoms with Gasteiger partial charge in [-0.25, -0.2) is 12.8 Å². The number of nitrogens with one attached hydrogen (secondary N) is 2. The number of amides is 1. The van der Waals surface area contributed by atoms with Crippen LogP contribution in [0.4, 0.5) is 15.8 Å². The van der Waals surface area contributed by atoms with Crippen LogP contribution in [0.3, 0.4) is 0 Å². The molecule has 0 aromatic heterocycles. The molecule has 0 spiro atoms. The summed E-state index contributed by atoms with van der Waals surface area (Å²) in [6, 6.07) is 16.8. The third kappa shape index (κ3) is 4.37. The largest absolute Gasteiger partial charge is 0.319 e. The van der Waals surface area contributed by atoms with Crippen molar-refractivity contribution < 1.29 is 17.6 Å². The summed E-state index contributed by atoms with van der Waals surface area (Å²) in [7, 11) is -3.89. The second kappa shape index (κ2) is 7.82. The average Bonchev–Trinajstić information content (AvgIpc) is 2.66. The predicted molar refractivity (Wildman–Crippen MR) is 108 cm³/mol. The molecule has 0 radical (unpaired) electrons. The highest BCUT2D eigenvalue weighted by Crippen LogP contribution is 2.22. The van der Waals surface area contributed by atoms with Crippen LogP contribution in [0.5, 0.6) is 0 Å². The normalized spacial score (nSPS) is 11.1. The van der Waals surface area contributed by atoms with Gasteiger partial charge in [-0.05, 0) is 61.4 Å². The predicted octanol–water partition coefficient (Wildman–Crippen LogP) is 4.50. The monoisotopic (exact) mass is 398 g/mol. The second-order valence-electron chi connectivity index (χ2n) is 6.39. The van der Waals surface area contributed by atoms with E-state index in [4.69, 9.17) is 0 Å². The van der Waals surface area contributed by atoms with Crippen LogP contribution < -0.4 is 10.0 Å². The van der Waals surface area contributed by atoms with E-state index in [9.17, 15) is 17.6 Å².